The fraction of sp³-hybridized carbons (Fsp3) is 0.357. The molecule has 1 N–H and O–H groups in total. The lowest BCUT2D eigenvalue weighted by atomic mass is 10.1. The van der Waals surface area contributed by atoms with E-state index in [0.717, 1.165) is 17.2 Å². The average Bonchev–Trinajstić information content (AvgIpc) is 3.12. The van der Waals surface area contributed by atoms with Gasteiger partial charge in [0, 0.05) is 29.1 Å². The van der Waals surface area contributed by atoms with Crippen molar-refractivity contribution >= 4 is 23.1 Å². The normalized spacial score (nSPS) is 15.4. The zero-order valence-corrected chi connectivity index (χ0v) is 12.6. The highest BCUT2D eigenvalue weighted by atomic mass is 32.2. The first-order chi connectivity index (χ1) is 10.0. The van der Waals surface area contributed by atoms with Gasteiger partial charge in [-0.15, -0.1) is 11.3 Å². The van der Waals surface area contributed by atoms with Crippen LogP contribution in [0.3, 0.4) is 0 Å². The van der Waals surface area contributed by atoms with Gasteiger partial charge < -0.3 is 5.32 Å². The van der Waals surface area contributed by atoms with Gasteiger partial charge >= 0.3 is 6.18 Å². The van der Waals surface area contributed by atoms with E-state index in [2.05, 4.69) is 10.3 Å². The number of rotatable bonds is 5. The molecule has 0 unspecified atom stereocenters. The molecule has 2 nitrogen and oxygen atoms in total. The third-order valence-electron chi connectivity index (χ3n) is 3.16. The van der Waals surface area contributed by atoms with Gasteiger partial charge in [-0.05, 0) is 30.5 Å². The van der Waals surface area contributed by atoms with E-state index < -0.39 is 11.7 Å². The monoisotopic (exact) mass is 330 g/mol. The maximum absolute atomic E-state index is 13.2. The van der Waals surface area contributed by atoms with Crippen molar-refractivity contribution < 1.29 is 13.2 Å². The van der Waals surface area contributed by atoms with E-state index in [1.54, 1.807) is 23.7 Å². The van der Waals surface area contributed by atoms with Crippen molar-refractivity contribution in [3.63, 3.8) is 0 Å². The van der Waals surface area contributed by atoms with Crippen LogP contribution in [0.15, 0.2) is 39.0 Å². The summed E-state index contributed by atoms with van der Waals surface area (Å²) in [4.78, 5) is 4.64. The SMILES string of the molecule is FC(F)(F)c1cc(Sc2nccs2)ccc1CNC1CC1. The summed E-state index contributed by atoms with van der Waals surface area (Å²) in [5, 5.41) is 4.94. The summed E-state index contributed by atoms with van der Waals surface area (Å²) < 4.78 is 40.3. The molecule has 0 spiro atoms. The highest BCUT2D eigenvalue weighted by Gasteiger charge is 2.34. The van der Waals surface area contributed by atoms with E-state index in [1.807, 2.05) is 0 Å². The summed E-state index contributed by atoms with van der Waals surface area (Å²) in [6.45, 7) is 0.266. The van der Waals surface area contributed by atoms with E-state index in [-0.39, 0.29) is 6.54 Å². The zero-order chi connectivity index (χ0) is 14.9. The van der Waals surface area contributed by atoms with Gasteiger partial charge in [0.2, 0.25) is 0 Å². The molecule has 1 aromatic carbocycles. The van der Waals surface area contributed by atoms with Crippen LogP contribution in [0.2, 0.25) is 0 Å². The van der Waals surface area contributed by atoms with Gasteiger partial charge in [-0.2, -0.15) is 13.2 Å². The lowest BCUT2D eigenvalue weighted by Gasteiger charge is -2.14. The molecular formula is C14H13F3N2S2. The third-order valence-corrected chi connectivity index (χ3v) is 5.03. The van der Waals surface area contributed by atoms with Crippen LogP contribution in [0.1, 0.15) is 24.0 Å². The first-order valence-corrected chi connectivity index (χ1v) is 8.23. The van der Waals surface area contributed by atoms with Crippen LogP contribution in [-0.4, -0.2) is 11.0 Å². The highest BCUT2D eigenvalue weighted by Crippen LogP contribution is 2.37. The molecule has 1 fully saturated rings. The molecule has 7 heteroatoms. The predicted octanol–water partition coefficient (Wildman–Crippen LogP) is 4.57. The number of nitrogens with one attached hydrogen (secondary N) is 1. The quantitative estimate of drug-likeness (QED) is 0.869. The molecule has 1 saturated carbocycles. The summed E-state index contributed by atoms with van der Waals surface area (Å²) in [5.74, 6) is 0. The van der Waals surface area contributed by atoms with Crippen LogP contribution in [-0.2, 0) is 12.7 Å². The number of aromatic nitrogens is 1. The van der Waals surface area contributed by atoms with Crippen molar-refractivity contribution in [2.24, 2.45) is 0 Å². The molecule has 0 radical (unpaired) electrons. The molecule has 2 aromatic rings. The summed E-state index contributed by atoms with van der Waals surface area (Å²) in [5.41, 5.74) is -0.255. The fourth-order valence-electron chi connectivity index (χ4n) is 1.94. The Morgan fingerprint density at radius 3 is 2.76 bits per heavy atom. The average molecular weight is 330 g/mol. The van der Waals surface area contributed by atoms with Crippen LogP contribution >= 0.6 is 23.1 Å². The van der Waals surface area contributed by atoms with Crippen molar-refractivity contribution in [2.75, 3.05) is 0 Å². The van der Waals surface area contributed by atoms with E-state index >= 15 is 0 Å². The van der Waals surface area contributed by atoms with E-state index in [4.69, 9.17) is 0 Å². The molecule has 1 aromatic heterocycles. The molecule has 21 heavy (non-hydrogen) atoms. The Bertz CT molecular complexity index is 607. The van der Waals surface area contributed by atoms with Crippen LogP contribution < -0.4 is 5.32 Å². The summed E-state index contributed by atoms with van der Waals surface area (Å²) in [6.07, 6.45) is -0.579. The standard InChI is InChI=1S/C14H13F3N2S2/c15-14(16,17)12-7-11(21-13-18-5-6-20-13)4-1-9(12)8-19-10-2-3-10/h1,4-7,10,19H,2-3,8H2. The molecule has 0 bridgehead atoms. The van der Waals surface area contributed by atoms with E-state index in [1.165, 1.54) is 29.2 Å². The van der Waals surface area contributed by atoms with Crippen LogP contribution in [0.25, 0.3) is 0 Å². The first kappa shape index (κ1) is 14.9. The Morgan fingerprint density at radius 1 is 1.33 bits per heavy atom. The summed E-state index contributed by atoms with van der Waals surface area (Å²) >= 11 is 2.67. The van der Waals surface area contributed by atoms with Gasteiger partial charge in [-0.3, -0.25) is 0 Å². The van der Waals surface area contributed by atoms with Gasteiger partial charge in [-0.25, -0.2) is 4.98 Å². The Labute approximate surface area is 128 Å². The molecule has 1 heterocycles. The van der Waals surface area contributed by atoms with Crippen molar-refractivity contribution in [3.8, 4) is 0 Å². The molecule has 1 aliphatic rings. The van der Waals surface area contributed by atoms with E-state index in [0.29, 0.717) is 16.5 Å². The minimum atomic E-state index is -4.33. The minimum Gasteiger partial charge on any atom is -0.310 e. The Balaban J connectivity index is 1.82. The molecule has 0 amide bonds. The molecule has 3 rings (SSSR count). The van der Waals surface area contributed by atoms with Gasteiger partial charge in [0.25, 0.3) is 0 Å². The van der Waals surface area contributed by atoms with Crippen molar-refractivity contribution in [3.05, 3.63) is 40.9 Å². The van der Waals surface area contributed by atoms with Gasteiger partial charge in [0.05, 0.1) is 5.56 Å². The second-order valence-electron chi connectivity index (χ2n) is 4.87. The van der Waals surface area contributed by atoms with Crippen LogP contribution in [0.4, 0.5) is 13.2 Å². The third kappa shape index (κ3) is 3.99. The van der Waals surface area contributed by atoms with Gasteiger partial charge in [0.15, 0.2) is 4.34 Å². The maximum Gasteiger partial charge on any atom is 0.416 e. The minimum absolute atomic E-state index is 0.266. The molecule has 0 aliphatic heterocycles. The second kappa shape index (κ2) is 5.98. The van der Waals surface area contributed by atoms with Gasteiger partial charge in [-0.1, -0.05) is 17.8 Å². The maximum atomic E-state index is 13.2. The van der Waals surface area contributed by atoms with E-state index in [9.17, 15) is 13.2 Å². The Kier molecular flexibility index (Phi) is 4.24. The Morgan fingerprint density at radius 2 is 2.14 bits per heavy atom. The van der Waals surface area contributed by atoms with Crippen LogP contribution in [0, 0.1) is 0 Å². The molecular weight excluding hydrogens is 317 g/mol. The van der Waals surface area contributed by atoms with Crippen molar-refractivity contribution in [2.45, 2.75) is 40.8 Å². The number of halogens is 3. The van der Waals surface area contributed by atoms with Gasteiger partial charge in [0.1, 0.15) is 0 Å². The fourth-order valence-corrected chi connectivity index (χ4v) is 3.58. The topological polar surface area (TPSA) is 24.9 Å². The number of nitrogens with zero attached hydrogens (tertiary/aromatic N) is 1. The van der Waals surface area contributed by atoms with Crippen LogP contribution in [0.5, 0.6) is 0 Å². The predicted molar refractivity (Wildman–Crippen MR) is 77.5 cm³/mol. The number of hydrogen-bond donors (Lipinski definition) is 1. The largest absolute Gasteiger partial charge is 0.416 e. The Hall–Kier alpha value is -1.05. The van der Waals surface area contributed by atoms with Crippen molar-refractivity contribution in [1.29, 1.82) is 0 Å². The molecule has 0 saturated heterocycles. The zero-order valence-electron chi connectivity index (χ0n) is 11.0. The lowest BCUT2D eigenvalue weighted by Crippen LogP contribution is -2.19. The number of benzene rings is 1. The number of alkyl halides is 3. The second-order valence-corrected chi connectivity index (χ2v) is 7.09. The molecule has 1 aliphatic carbocycles. The van der Waals surface area contributed by atoms with Crippen molar-refractivity contribution in [1.82, 2.24) is 10.3 Å². The molecule has 112 valence electrons. The lowest BCUT2D eigenvalue weighted by molar-refractivity contribution is -0.138. The summed E-state index contributed by atoms with van der Waals surface area (Å²) in [6, 6.07) is 4.89. The molecule has 0 atom stereocenters. The smallest absolute Gasteiger partial charge is 0.310 e. The highest BCUT2D eigenvalue weighted by molar-refractivity contribution is 8.01. The number of thiazole rings is 1. The number of hydrogen-bond acceptors (Lipinski definition) is 4. The first-order valence-electron chi connectivity index (χ1n) is 6.53. The summed E-state index contributed by atoms with van der Waals surface area (Å²) in [7, 11) is 0.